The SMILES string of the molecule is O=C(CCS(=O)(=O)c1ccc(Cl)cc1)c1ccc(-c2ccccc2)cc1. The number of benzene rings is 3. The van der Waals surface area contributed by atoms with Crippen LogP contribution < -0.4 is 0 Å². The van der Waals surface area contributed by atoms with Crippen LogP contribution in [0.4, 0.5) is 0 Å². The van der Waals surface area contributed by atoms with E-state index in [1.54, 1.807) is 12.1 Å². The average Bonchev–Trinajstić information content (AvgIpc) is 2.67. The minimum atomic E-state index is -3.51. The molecule has 3 aromatic rings. The summed E-state index contributed by atoms with van der Waals surface area (Å²) in [6.07, 6.45) is -0.0599. The van der Waals surface area contributed by atoms with Gasteiger partial charge in [0.2, 0.25) is 0 Å². The third-order valence-corrected chi connectivity index (χ3v) is 6.07. The fourth-order valence-corrected chi connectivity index (χ4v) is 3.98. The summed E-state index contributed by atoms with van der Waals surface area (Å²) in [4.78, 5) is 12.5. The Balaban J connectivity index is 1.67. The van der Waals surface area contributed by atoms with Crippen molar-refractivity contribution >= 4 is 27.2 Å². The lowest BCUT2D eigenvalue weighted by Crippen LogP contribution is -2.11. The molecule has 0 saturated heterocycles. The fraction of sp³-hybridized carbons (Fsp3) is 0.0952. The van der Waals surface area contributed by atoms with Crippen molar-refractivity contribution in [2.45, 2.75) is 11.3 Å². The second-order valence-corrected chi connectivity index (χ2v) is 8.43. The van der Waals surface area contributed by atoms with Crippen LogP contribution in [-0.2, 0) is 9.84 Å². The van der Waals surface area contributed by atoms with Gasteiger partial charge in [-0.1, -0.05) is 66.2 Å². The number of ketones is 1. The highest BCUT2D eigenvalue weighted by Crippen LogP contribution is 2.21. The summed E-state index contributed by atoms with van der Waals surface area (Å²) < 4.78 is 24.6. The maximum absolute atomic E-state index is 12.3. The van der Waals surface area contributed by atoms with Gasteiger partial charge in [0.1, 0.15) is 0 Å². The maximum Gasteiger partial charge on any atom is 0.178 e. The molecule has 26 heavy (non-hydrogen) atoms. The van der Waals surface area contributed by atoms with Gasteiger partial charge in [-0.2, -0.15) is 0 Å². The van der Waals surface area contributed by atoms with Gasteiger partial charge in [-0.3, -0.25) is 4.79 Å². The molecule has 0 fully saturated rings. The van der Waals surface area contributed by atoms with E-state index >= 15 is 0 Å². The van der Waals surface area contributed by atoms with Crippen molar-refractivity contribution in [1.82, 2.24) is 0 Å². The molecule has 0 aromatic heterocycles. The van der Waals surface area contributed by atoms with E-state index in [2.05, 4.69) is 0 Å². The molecule has 3 aromatic carbocycles. The molecule has 0 unspecified atom stereocenters. The topological polar surface area (TPSA) is 51.2 Å². The van der Waals surface area contributed by atoms with Crippen LogP contribution in [0.5, 0.6) is 0 Å². The zero-order chi connectivity index (χ0) is 18.6. The molecular weight excluding hydrogens is 368 g/mol. The first-order valence-corrected chi connectivity index (χ1v) is 10.2. The van der Waals surface area contributed by atoms with Gasteiger partial charge in [0.15, 0.2) is 15.6 Å². The van der Waals surface area contributed by atoms with Gasteiger partial charge in [-0.15, -0.1) is 0 Å². The summed E-state index contributed by atoms with van der Waals surface area (Å²) in [5, 5.41) is 0.471. The van der Waals surface area contributed by atoms with Gasteiger partial charge in [-0.05, 0) is 35.4 Å². The normalized spacial score (nSPS) is 11.3. The minimum absolute atomic E-state index is 0.0599. The first-order valence-electron chi connectivity index (χ1n) is 8.13. The first-order chi connectivity index (χ1) is 12.5. The molecule has 3 nitrogen and oxygen atoms in total. The van der Waals surface area contributed by atoms with Gasteiger partial charge >= 0.3 is 0 Å². The summed E-state index contributed by atoms with van der Waals surface area (Å²) >= 11 is 5.78. The molecule has 0 aliphatic heterocycles. The van der Waals surface area contributed by atoms with E-state index in [4.69, 9.17) is 11.6 Å². The zero-order valence-electron chi connectivity index (χ0n) is 13.9. The van der Waals surface area contributed by atoms with Crippen molar-refractivity contribution in [3.05, 3.63) is 89.4 Å². The zero-order valence-corrected chi connectivity index (χ0v) is 15.5. The summed E-state index contributed by atoms with van der Waals surface area (Å²) in [6.45, 7) is 0. The van der Waals surface area contributed by atoms with Crippen LogP contribution in [-0.4, -0.2) is 20.0 Å². The van der Waals surface area contributed by atoms with E-state index in [-0.39, 0.29) is 22.9 Å². The number of carbonyl (C=O) groups is 1. The molecule has 0 saturated carbocycles. The molecule has 3 rings (SSSR count). The number of halogens is 1. The summed E-state index contributed by atoms with van der Waals surface area (Å²) in [7, 11) is -3.51. The highest BCUT2D eigenvalue weighted by atomic mass is 35.5. The molecule has 0 amide bonds. The Labute approximate surface area is 158 Å². The van der Waals surface area contributed by atoms with Crippen molar-refractivity contribution in [1.29, 1.82) is 0 Å². The Morgan fingerprint density at radius 1 is 0.769 bits per heavy atom. The predicted octanol–water partition coefficient (Wildman–Crippen LogP) is 5.05. The lowest BCUT2D eigenvalue weighted by Gasteiger charge is -2.06. The van der Waals surface area contributed by atoms with Crippen LogP contribution in [0.25, 0.3) is 11.1 Å². The quantitative estimate of drug-likeness (QED) is 0.558. The minimum Gasteiger partial charge on any atom is -0.294 e. The molecule has 132 valence electrons. The van der Waals surface area contributed by atoms with E-state index in [9.17, 15) is 13.2 Å². The molecular formula is C21H17ClO3S. The number of sulfone groups is 1. The Hall–Kier alpha value is -2.43. The Morgan fingerprint density at radius 3 is 1.96 bits per heavy atom. The lowest BCUT2D eigenvalue weighted by molar-refractivity contribution is 0.0989. The van der Waals surface area contributed by atoms with Crippen molar-refractivity contribution < 1.29 is 13.2 Å². The van der Waals surface area contributed by atoms with Gasteiger partial charge < -0.3 is 0 Å². The van der Waals surface area contributed by atoms with Crippen LogP contribution in [0, 0.1) is 0 Å². The second kappa shape index (κ2) is 7.85. The molecule has 0 N–H and O–H groups in total. The molecule has 0 spiro atoms. The van der Waals surface area contributed by atoms with E-state index in [0.29, 0.717) is 10.6 Å². The van der Waals surface area contributed by atoms with Crippen LogP contribution >= 0.6 is 11.6 Å². The highest BCUT2D eigenvalue weighted by molar-refractivity contribution is 7.91. The van der Waals surface area contributed by atoms with Gasteiger partial charge in [0, 0.05) is 17.0 Å². The largest absolute Gasteiger partial charge is 0.294 e. The number of Topliss-reactive ketones (excluding diaryl/α,β-unsaturated/α-hetero) is 1. The van der Waals surface area contributed by atoms with Crippen LogP contribution in [0.15, 0.2) is 83.8 Å². The van der Waals surface area contributed by atoms with Gasteiger partial charge in [0.05, 0.1) is 10.6 Å². The molecule has 0 heterocycles. The number of rotatable bonds is 6. The smallest absolute Gasteiger partial charge is 0.178 e. The van der Waals surface area contributed by atoms with Gasteiger partial charge in [-0.25, -0.2) is 8.42 Å². The number of carbonyl (C=O) groups excluding carboxylic acids is 1. The van der Waals surface area contributed by atoms with Crippen LogP contribution in [0.2, 0.25) is 5.02 Å². The third-order valence-electron chi connectivity index (χ3n) is 4.08. The molecule has 0 aliphatic rings. The van der Waals surface area contributed by atoms with Crippen molar-refractivity contribution in [2.75, 3.05) is 5.75 Å². The Kier molecular flexibility index (Phi) is 5.55. The monoisotopic (exact) mass is 384 g/mol. The first kappa shape index (κ1) is 18.4. The number of hydrogen-bond donors (Lipinski definition) is 0. The molecule has 5 heteroatoms. The lowest BCUT2D eigenvalue weighted by atomic mass is 10.0. The van der Waals surface area contributed by atoms with Crippen LogP contribution in [0.3, 0.4) is 0 Å². The highest BCUT2D eigenvalue weighted by Gasteiger charge is 2.17. The Morgan fingerprint density at radius 2 is 1.35 bits per heavy atom. The maximum atomic E-state index is 12.3. The van der Waals surface area contributed by atoms with E-state index in [0.717, 1.165) is 11.1 Å². The van der Waals surface area contributed by atoms with E-state index in [1.807, 2.05) is 42.5 Å². The van der Waals surface area contributed by atoms with E-state index < -0.39 is 9.84 Å². The second-order valence-electron chi connectivity index (χ2n) is 5.89. The van der Waals surface area contributed by atoms with Crippen molar-refractivity contribution in [3.63, 3.8) is 0 Å². The fourth-order valence-electron chi connectivity index (χ4n) is 2.61. The van der Waals surface area contributed by atoms with Crippen molar-refractivity contribution in [3.8, 4) is 11.1 Å². The van der Waals surface area contributed by atoms with Crippen LogP contribution in [0.1, 0.15) is 16.8 Å². The standard InChI is InChI=1S/C21H17ClO3S/c22-19-10-12-20(13-11-19)26(24,25)15-14-21(23)18-8-6-17(7-9-18)16-4-2-1-3-5-16/h1-13H,14-15H2. The number of hydrogen-bond acceptors (Lipinski definition) is 3. The predicted molar refractivity (Wildman–Crippen MR) is 104 cm³/mol. The third kappa shape index (κ3) is 4.40. The molecule has 0 bridgehead atoms. The average molecular weight is 385 g/mol. The van der Waals surface area contributed by atoms with E-state index in [1.165, 1.54) is 24.3 Å². The van der Waals surface area contributed by atoms with Gasteiger partial charge in [0.25, 0.3) is 0 Å². The summed E-state index contributed by atoms with van der Waals surface area (Å²) in [5.41, 5.74) is 2.59. The summed E-state index contributed by atoms with van der Waals surface area (Å²) in [6, 6.07) is 23.0. The summed E-state index contributed by atoms with van der Waals surface area (Å²) in [5.74, 6) is -0.421. The Bertz CT molecular complexity index is 993. The molecule has 0 atom stereocenters. The molecule has 0 radical (unpaired) electrons. The molecule has 0 aliphatic carbocycles. The van der Waals surface area contributed by atoms with Crippen molar-refractivity contribution in [2.24, 2.45) is 0 Å².